The number of para-hydroxylation sites is 1. The molecular weight excluding hydrogens is 436 g/mol. The third-order valence-electron chi connectivity index (χ3n) is 7.21. The number of rotatable bonds is 4. The molecule has 3 aliphatic heterocycles. The molecule has 1 amide bonds. The van der Waals surface area contributed by atoms with Crippen molar-refractivity contribution in [3.63, 3.8) is 0 Å². The van der Waals surface area contributed by atoms with Crippen LogP contribution in [0.1, 0.15) is 23.3 Å². The maximum absolute atomic E-state index is 12.9. The molecule has 2 fully saturated rings. The fraction of sp³-hybridized carbons (Fsp3) is 0.360. The highest BCUT2D eigenvalue weighted by Gasteiger charge is 2.50. The van der Waals surface area contributed by atoms with Crippen molar-refractivity contribution in [2.45, 2.75) is 24.5 Å². The van der Waals surface area contributed by atoms with Crippen LogP contribution in [0.5, 0.6) is 11.5 Å². The van der Waals surface area contributed by atoms with Crippen molar-refractivity contribution < 1.29 is 24.2 Å². The summed E-state index contributed by atoms with van der Waals surface area (Å²) in [5, 5.41) is 13.1. The van der Waals surface area contributed by atoms with Gasteiger partial charge < -0.3 is 29.8 Å². The number of carbonyl (C=O) groups excluding carboxylic acids is 1. The van der Waals surface area contributed by atoms with E-state index in [-0.39, 0.29) is 17.7 Å². The van der Waals surface area contributed by atoms with Gasteiger partial charge in [0, 0.05) is 30.7 Å². The van der Waals surface area contributed by atoms with Crippen molar-refractivity contribution in [1.29, 1.82) is 0 Å². The Balaban J connectivity index is 1.15. The lowest BCUT2D eigenvalue weighted by Crippen LogP contribution is -2.57. The topological polar surface area (TPSA) is 107 Å². The number of hydrogen-bond acceptors (Lipinski definition) is 6. The number of aromatic amines is 1. The third-order valence-corrected chi connectivity index (χ3v) is 7.21. The number of nitrogens with zero attached hydrogens (tertiary/aromatic N) is 2. The summed E-state index contributed by atoms with van der Waals surface area (Å²) in [5.74, 6) is 0.294. The first-order valence-corrected chi connectivity index (χ1v) is 11.6. The predicted octanol–water partition coefficient (Wildman–Crippen LogP) is 2.43. The lowest BCUT2D eigenvalue weighted by Gasteiger charge is -2.44. The molecule has 2 saturated heterocycles. The molecule has 0 aliphatic carbocycles. The van der Waals surface area contributed by atoms with E-state index in [1.807, 2.05) is 18.2 Å². The van der Waals surface area contributed by atoms with Gasteiger partial charge in [0.25, 0.3) is 0 Å². The van der Waals surface area contributed by atoms with Gasteiger partial charge in [0.1, 0.15) is 23.9 Å². The normalized spacial score (nSPS) is 21.7. The summed E-state index contributed by atoms with van der Waals surface area (Å²) in [7, 11) is 0. The van der Waals surface area contributed by atoms with Crippen LogP contribution in [-0.2, 0) is 4.79 Å². The van der Waals surface area contributed by atoms with E-state index >= 15 is 0 Å². The molecule has 9 heteroatoms. The second kappa shape index (κ2) is 7.95. The molecule has 1 aromatic heterocycles. The molecule has 4 heterocycles. The van der Waals surface area contributed by atoms with E-state index < -0.39 is 11.5 Å². The van der Waals surface area contributed by atoms with Crippen LogP contribution in [0.2, 0.25) is 0 Å². The van der Waals surface area contributed by atoms with Gasteiger partial charge in [0.15, 0.2) is 11.5 Å². The highest BCUT2D eigenvalue weighted by molar-refractivity contribution is 5.97. The minimum absolute atomic E-state index is 0.103. The number of ether oxygens (including phenoxy) is 2. The molecule has 1 spiro atoms. The van der Waals surface area contributed by atoms with Gasteiger partial charge in [-0.25, -0.2) is 4.79 Å². The Morgan fingerprint density at radius 1 is 1.15 bits per heavy atom. The summed E-state index contributed by atoms with van der Waals surface area (Å²) in [6.45, 7) is 3.19. The van der Waals surface area contributed by atoms with E-state index in [9.17, 15) is 14.7 Å². The van der Waals surface area contributed by atoms with Crippen LogP contribution >= 0.6 is 0 Å². The zero-order valence-corrected chi connectivity index (χ0v) is 18.6. The smallest absolute Gasteiger partial charge is 0.352 e. The summed E-state index contributed by atoms with van der Waals surface area (Å²) < 4.78 is 12.3. The molecule has 3 aromatic rings. The van der Waals surface area contributed by atoms with Gasteiger partial charge in [-0.2, -0.15) is 0 Å². The molecule has 1 atom stereocenters. The Hall–Kier alpha value is -3.72. The minimum Gasteiger partial charge on any atom is -0.486 e. The van der Waals surface area contributed by atoms with Crippen molar-refractivity contribution in [3.8, 4) is 11.5 Å². The molecule has 176 valence electrons. The molecule has 0 bridgehead atoms. The van der Waals surface area contributed by atoms with Crippen LogP contribution in [0.3, 0.4) is 0 Å². The largest absolute Gasteiger partial charge is 0.486 e. The Bertz CT molecular complexity index is 1250. The van der Waals surface area contributed by atoms with E-state index in [0.717, 1.165) is 31.6 Å². The molecule has 0 radical (unpaired) electrons. The number of likely N-dealkylation sites (tertiary alicyclic amines) is 1. The van der Waals surface area contributed by atoms with Gasteiger partial charge in [-0.1, -0.05) is 18.2 Å². The Kier molecular flexibility index (Phi) is 4.88. The van der Waals surface area contributed by atoms with E-state index in [1.54, 1.807) is 18.2 Å². The van der Waals surface area contributed by atoms with Gasteiger partial charge >= 0.3 is 5.97 Å². The number of benzene rings is 2. The highest BCUT2D eigenvalue weighted by Crippen LogP contribution is 2.40. The van der Waals surface area contributed by atoms with Gasteiger partial charge in [0.05, 0.1) is 12.2 Å². The van der Waals surface area contributed by atoms with Gasteiger partial charge in [0.2, 0.25) is 5.91 Å². The van der Waals surface area contributed by atoms with Crippen molar-refractivity contribution in [2.24, 2.45) is 0 Å². The zero-order chi connectivity index (χ0) is 23.3. The lowest BCUT2D eigenvalue weighted by atomic mass is 9.85. The van der Waals surface area contributed by atoms with Gasteiger partial charge in [-0.15, -0.1) is 0 Å². The number of piperidine rings is 1. The molecule has 0 saturated carbocycles. The lowest BCUT2D eigenvalue weighted by molar-refractivity contribution is -0.125. The van der Waals surface area contributed by atoms with E-state index in [0.29, 0.717) is 42.2 Å². The van der Waals surface area contributed by atoms with Crippen LogP contribution in [0.25, 0.3) is 10.9 Å². The molecule has 6 rings (SSSR count). The van der Waals surface area contributed by atoms with Crippen molar-refractivity contribution >= 4 is 28.5 Å². The summed E-state index contributed by atoms with van der Waals surface area (Å²) >= 11 is 0. The van der Waals surface area contributed by atoms with Crippen LogP contribution < -0.4 is 19.7 Å². The summed E-state index contributed by atoms with van der Waals surface area (Å²) in [6, 6.07) is 15.3. The number of aromatic nitrogens is 1. The summed E-state index contributed by atoms with van der Waals surface area (Å²) in [6.07, 6.45) is 1.29. The second-order valence-electron chi connectivity index (χ2n) is 9.15. The van der Waals surface area contributed by atoms with Crippen LogP contribution in [0.4, 0.5) is 5.69 Å². The first-order chi connectivity index (χ1) is 16.5. The van der Waals surface area contributed by atoms with E-state index in [2.05, 4.69) is 32.2 Å². The standard InChI is InChI=1S/C25H26N4O5/c30-23(31)20-12-18-19(27-20)6-7-21-22(18)34-17(14-33-21)13-28-10-8-25(9-11-28)24(32)26-15-29(25)16-4-2-1-3-5-16/h1-7,12,17,27H,8-11,13-15H2,(H,26,32)(H,30,31). The fourth-order valence-corrected chi connectivity index (χ4v) is 5.41. The molecule has 3 aliphatic rings. The average molecular weight is 463 g/mol. The van der Waals surface area contributed by atoms with Crippen molar-refractivity contribution in [2.75, 3.05) is 37.8 Å². The molecule has 1 unspecified atom stereocenters. The monoisotopic (exact) mass is 462 g/mol. The molecule has 9 nitrogen and oxygen atoms in total. The second-order valence-corrected chi connectivity index (χ2v) is 9.15. The number of anilines is 1. The first-order valence-electron chi connectivity index (χ1n) is 11.6. The molecule has 3 N–H and O–H groups in total. The Morgan fingerprint density at radius 3 is 2.71 bits per heavy atom. The number of hydrogen-bond donors (Lipinski definition) is 3. The number of carboxylic acid groups (broad SMARTS) is 1. The van der Waals surface area contributed by atoms with Gasteiger partial charge in [-0.3, -0.25) is 9.69 Å². The van der Waals surface area contributed by atoms with Crippen molar-refractivity contribution in [1.82, 2.24) is 15.2 Å². The number of amides is 1. The third kappa shape index (κ3) is 3.35. The zero-order valence-electron chi connectivity index (χ0n) is 18.6. The minimum atomic E-state index is -1.01. The van der Waals surface area contributed by atoms with Gasteiger partial charge in [-0.05, 0) is 43.2 Å². The fourth-order valence-electron chi connectivity index (χ4n) is 5.41. The van der Waals surface area contributed by atoms with Crippen LogP contribution in [0.15, 0.2) is 48.5 Å². The summed E-state index contributed by atoms with van der Waals surface area (Å²) in [5.41, 5.74) is 1.37. The Labute approximate surface area is 196 Å². The van der Waals surface area contributed by atoms with Crippen LogP contribution in [-0.4, -0.2) is 71.4 Å². The molecular formula is C25H26N4O5. The van der Waals surface area contributed by atoms with Crippen molar-refractivity contribution in [3.05, 3.63) is 54.2 Å². The SMILES string of the molecule is O=C(O)c1cc2c3c(ccc2[nH]1)OCC(CN1CCC2(CC1)C(=O)NCN2c1ccccc1)O3. The predicted molar refractivity (Wildman–Crippen MR) is 126 cm³/mol. The summed E-state index contributed by atoms with van der Waals surface area (Å²) in [4.78, 5) is 31.7. The Morgan fingerprint density at radius 2 is 1.94 bits per heavy atom. The first kappa shape index (κ1) is 20.9. The maximum atomic E-state index is 12.9. The molecule has 2 aromatic carbocycles. The highest BCUT2D eigenvalue weighted by atomic mass is 16.6. The number of nitrogens with one attached hydrogen (secondary N) is 2. The maximum Gasteiger partial charge on any atom is 0.352 e. The van der Waals surface area contributed by atoms with Crippen LogP contribution in [0, 0.1) is 0 Å². The quantitative estimate of drug-likeness (QED) is 0.547. The number of carboxylic acids is 1. The number of carbonyl (C=O) groups is 2. The van der Waals surface area contributed by atoms with E-state index in [1.165, 1.54) is 0 Å². The number of fused-ring (bicyclic) bond motifs is 3. The molecule has 34 heavy (non-hydrogen) atoms. The average Bonchev–Trinajstić information content (AvgIpc) is 3.43. The van der Waals surface area contributed by atoms with E-state index in [4.69, 9.17) is 9.47 Å². The number of aromatic carboxylic acids is 1. The number of H-pyrrole nitrogens is 1.